The highest BCUT2D eigenvalue weighted by atomic mass is 32.1. The molecule has 1 nitrogen and oxygen atoms in total. The third-order valence-corrected chi connectivity index (χ3v) is 2.34. The molecule has 0 fully saturated rings. The van der Waals surface area contributed by atoms with E-state index < -0.39 is 0 Å². The van der Waals surface area contributed by atoms with Crippen LogP contribution in [0.15, 0.2) is 0 Å². The van der Waals surface area contributed by atoms with Crippen LogP contribution >= 0.6 is 12.6 Å². The molecular weight excluding hydrogens is 154 g/mol. The molecule has 0 bridgehead atoms. The highest BCUT2D eigenvalue weighted by molar-refractivity contribution is 7.80. The topological polar surface area (TPSA) is 3.24 Å². The van der Waals surface area contributed by atoms with E-state index in [0.29, 0.717) is 0 Å². The van der Waals surface area contributed by atoms with Gasteiger partial charge >= 0.3 is 0 Å². The largest absolute Gasteiger partial charge is 0.304 e. The molecule has 0 aromatic rings. The zero-order valence-corrected chi connectivity index (χ0v) is 8.90. The average Bonchev–Trinajstić information content (AvgIpc) is 2.01. The second-order valence-corrected chi connectivity index (χ2v) is 3.55. The van der Waals surface area contributed by atoms with Crippen molar-refractivity contribution < 1.29 is 0 Å². The predicted octanol–water partition coefficient (Wildman–Crippen LogP) is 2.28. The number of rotatable bonds is 6. The van der Waals surface area contributed by atoms with Gasteiger partial charge in [0.1, 0.15) is 0 Å². The van der Waals surface area contributed by atoms with E-state index in [-0.39, 0.29) is 0 Å². The summed E-state index contributed by atoms with van der Waals surface area (Å²) in [6.07, 6.45) is 1.24. The van der Waals surface area contributed by atoms with Crippen molar-refractivity contribution in [1.82, 2.24) is 4.90 Å². The maximum Gasteiger partial charge on any atom is 0.000708 e. The van der Waals surface area contributed by atoms with Crippen molar-refractivity contribution in [2.45, 2.75) is 27.2 Å². The van der Waals surface area contributed by atoms with E-state index in [9.17, 15) is 0 Å². The molecule has 0 N–H and O–H groups in total. The lowest BCUT2D eigenvalue weighted by Crippen LogP contribution is -2.28. The molecule has 68 valence electrons. The van der Waals surface area contributed by atoms with E-state index in [1.165, 1.54) is 26.1 Å². The zero-order valence-electron chi connectivity index (χ0n) is 8.01. The summed E-state index contributed by atoms with van der Waals surface area (Å²) in [4.78, 5) is 2.47. The van der Waals surface area contributed by atoms with Gasteiger partial charge in [0.25, 0.3) is 0 Å². The summed E-state index contributed by atoms with van der Waals surface area (Å²) in [6, 6.07) is 0. The number of hydrogen-bond donors (Lipinski definition) is 1. The fourth-order valence-corrected chi connectivity index (χ4v) is 1.68. The Balaban J connectivity index is 3.44. The first-order valence-corrected chi connectivity index (χ1v) is 5.21. The Morgan fingerprint density at radius 1 is 1.27 bits per heavy atom. The maximum absolute atomic E-state index is 4.22. The fraction of sp³-hybridized carbons (Fsp3) is 1.00. The first-order chi connectivity index (χ1) is 5.24. The van der Waals surface area contributed by atoms with Crippen LogP contribution in [0.1, 0.15) is 27.2 Å². The molecule has 0 aromatic carbocycles. The number of hydrogen-bond acceptors (Lipinski definition) is 2. The van der Waals surface area contributed by atoms with Crippen molar-refractivity contribution in [2.24, 2.45) is 5.92 Å². The Hall–Kier alpha value is 0.310. The molecule has 0 aromatic heterocycles. The van der Waals surface area contributed by atoms with Crippen LogP contribution in [0.2, 0.25) is 0 Å². The van der Waals surface area contributed by atoms with E-state index in [1.807, 2.05) is 0 Å². The molecule has 0 aliphatic heterocycles. The molecule has 0 aliphatic carbocycles. The highest BCUT2D eigenvalue weighted by Crippen LogP contribution is 2.05. The van der Waals surface area contributed by atoms with Gasteiger partial charge in [-0.2, -0.15) is 12.6 Å². The normalized spacial score (nSPS) is 13.9. The van der Waals surface area contributed by atoms with Crippen LogP contribution < -0.4 is 0 Å². The minimum Gasteiger partial charge on any atom is -0.304 e. The Morgan fingerprint density at radius 3 is 2.18 bits per heavy atom. The molecule has 0 rings (SSSR count). The van der Waals surface area contributed by atoms with Crippen LogP contribution in [0.25, 0.3) is 0 Å². The van der Waals surface area contributed by atoms with Crippen LogP contribution in [-0.4, -0.2) is 30.3 Å². The van der Waals surface area contributed by atoms with Gasteiger partial charge in [0.05, 0.1) is 0 Å². The van der Waals surface area contributed by atoms with Crippen molar-refractivity contribution >= 4 is 12.6 Å². The Bertz CT molecular complexity index is 81.6. The van der Waals surface area contributed by atoms with Gasteiger partial charge in [0.2, 0.25) is 0 Å². The lowest BCUT2D eigenvalue weighted by Gasteiger charge is -2.21. The van der Waals surface area contributed by atoms with Crippen molar-refractivity contribution in [3.63, 3.8) is 0 Å². The molecule has 0 saturated carbocycles. The summed E-state index contributed by atoms with van der Waals surface area (Å²) in [7, 11) is 0. The van der Waals surface area contributed by atoms with Crippen LogP contribution in [0.4, 0.5) is 0 Å². The Morgan fingerprint density at radius 2 is 1.82 bits per heavy atom. The number of thiol groups is 1. The molecule has 0 saturated heterocycles. The Labute approximate surface area is 76.6 Å². The molecule has 11 heavy (non-hydrogen) atoms. The maximum atomic E-state index is 4.22. The summed E-state index contributed by atoms with van der Waals surface area (Å²) in [5, 5.41) is 0. The number of nitrogens with zero attached hydrogens (tertiary/aromatic N) is 1. The van der Waals surface area contributed by atoms with Gasteiger partial charge in [0.15, 0.2) is 0 Å². The summed E-state index contributed by atoms with van der Waals surface area (Å²) < 4.78 is 0. The van der Waals surface area contributed by atoms with E-state index in [4.69, 9.17) is 0 Å². The summed E-state index contributed by atoms with van der Waals surface area (Å²) in [5.74, 6) is 1.81. The van der Waals surface area contributed by atoms with Gasteiger partial charge in [0, 0.05) is 6.54 Å². The van der Waals surface area contributed by atoms with Crippen LogP contribution in [0, 0.1) is 5.92 Å². The van der Waals surface area contributed by atoms with Crippen molar-refractivity contribution in [2.75, 3.05) is 25.4 Å². The summed E-state index contributed by atoms with van der Waals surface area (Å²) >= 11 is 4.22. The van der Waals surface area contributed by atoms with Crippen LogP contribution in [0.3, 0.4) is 0 Å². The first-order valence-electron chi connectivity index (χ1n) is 4.57. The average molecular weight is 175 g/mol. The van der Waals surface area contributed by atoms with E-state index in [0.717, 1.165) is 11.7 Å². The van der Waals surface area contributed by atoms with Crippen LogP contribution in [-0.2, 0) is 0 Å². The molecule has 1 atom stereocenters. The van der Waals surface area contributed by atoms with Gasteiger partial charge in [-0.3, -0.25) is 0 Å². The predicted molar refractivity (Wildman–Crippen MR) is 55.4 cm³/mol. The van der Waals surface area contributed by atoms with E-state index in [2.05, 4.69) is 38.3 Å². The minimum absolute atomic E-state index is 0.799. The van der Waals surface area contributed by atoms with Gasteiger partial charge < -0.3 is 4.90 Å². The summed E-state index contributed by atoms with van der Waals surface area (Å²) in [6.45, 7) is 10.3. The molecule has 1 unspecified atom stereocenters. The molecule has 0 aliphatic rings. The standard InChI is InChI=1S/C9H21NS/c1-4-10(5-2)8-9(3)6-7-11/h9,11H,4-8H2,1-3H3. The van der Waals surface area contributed by atoms with Gasteiger partial charge in [-0.25, -0.2) is 0 Å². The van der Waals surface area contributed by atoms with Gasteiger partial charge in [-0.15, -0.1) is 0 Å². The van der Waals surface area contributed by atoms with Gasteiger partial charge in [-0.05, 0) is 31.2 Å². The summed E-state index contributed by atoms with van der Waals surface area (Å²) in [5.41, 5.74) is 0. The second-order valence-electron chi connectivity index (χ2n) is 3.10. The molecular formula is C9H21NS. The third-order valence-electron chi connectivity index (χ3n) is 2.09. The molecule has 0 radical (unpaired) electrons. The lowest BCUT2D eigenvalue weighted by atomic mass is 10.1. The molecule has 0 amide bonds. The SMILES string of the molecule is CCN(CC)CC(C)CCS. The van der Waals surface area contributed by atoms with E-state index in [1.54, 1.807) is 0 Å². The minimum atomic E-state index is 0.799. The highest BCUT2D eigenvalue weighted by Gasteiger charge is 2.05. The first kappa shape index (κ1) is 11.3. The fourth-order valence-electron chi connectivity index (χ4n) is 1.23. The van der Waals surface area contributed by atoms with Crippen molar-refractivity contribution in [1.29, 1.82) is 0 Å². The quantitative estimate of drug-likeness (QED) is 0.606. The zero-order chi connectivity index (χ0) is 8.69. The third kappa shape index (κ3) is 5.57. The Kier molecular flexibility index (Phi) is 7.18. The molecule has 2 heteroatoms. The smallest absolute Gasteiger partial charge is 0.000708 e. The monoisotopic (exact) mass is 175 g/mol. The van der Waals surface area contributed by atoms with Gasteiger partial charge in [-0.1, -0.05) is 20.8 Å². The van der Waals surface area contributed by atoms with Crippen molar-refractivity contribution in [3.8, 4) is 0 Å². The molecule has 0 spiro atoms. The lowest BCUT2D eigenvalue weighted by molar-refractivity contribution is 0.258. The van der Waals surface area contributed by atoms with Crippen LogP contribution in [0.5, 0.6) is 0 Å². The second kappa shape index (κ2) is 6.99. The van der Waals surface area contributed by atoms with Crippen molar-refractivity contribution in [3.05, 3.63) is 0 Å². The van der Waals surface area contributed by atoms with E-state index >= 15 is 0 Å². The molecule has 0 heterocycles.